The number of hydrogen-bond donors (Lipinski definition) is 1. The highest BCUT2D eigenvalue weighted by atomic mass is 19.1. The van der Waals surface area contributed by atoms with E-state index in [9.17, 15) is 9.18 Å². The van der Waals surface area contributed by atoms with Gasteiger partial charge in [-0.25, -0.2) is 4.39 Å². The van der Waals surface area contributed by atoms with Gasteiger partial charge in [-0.1, -0.05) is 0 Å². The number of alkyl halides is 1. The second kappa shape index (κ2) is 2.66. The van der Waals surface area contributed by atoms with E-state index in [0.29, 0.717) is 0 Å². The molecule has 2 nitrogen and oxygen atoms in total. The highest BCUT2D eigenvalue weighted by molar-refractivity contribution is 5.79. The van der Waals surface area contributed by atoms with Gasteiger partial charge in [-0.05, 0) is 12.8 Å². The first-order valence-corrected chi connectivity index (χ1v) is 3.48. The maximum Gasteiger partial charge on any atom is 0.134 e. The molecule has 0 spiro atoms. The van der Waals surface area contributed by atoms with Crippen LogP contribution in [0.25, 0.3) is 0 Å². The third-order valence-electron chi connectivity index (χ3n) is 1.99. The Bertz CT molecular complexity index is 135. The summed E-state index contributed by atoms with van der Waals surface area (Å²) < 4.78 is 13.1. The first-order valence-electron chi connectivity index (χ1n) is 3.48. The number of carbonyl (C=O) groups excluding carboxylic acids is 1. The molecule has 1 rings (SSSR count). The summed E-state index contributed by atoms with van der Waals surface area (Å²) in [6.45, 7) is -0.444. The van der Waals surface area contributed by atoms with E-state index in [1.54, 1.807) is 0 Å². The van der Waals surface area contributed by atoms with Gasteiger partial charge in [0, 0.05) is 12.8 Å². The van der Waals surface area contributed by atoms with Crippen molar-refractivity contribution in [3.05, 3.63) is 0 Å². The lowest BCUT2D eigenvalue weighted by atomic mass is 9.86. The molecule has 0 aromatic carbocycles. The van der Waals surface area contributed by atoms with Crippen LogP contribution in [0.4, 0.5) is 4.39 Å². The van der Waals surface area contributed by atoms with Crippen molar-refractivity contribution in [2.45, 2.75) is 31.4 Å². The monoisotopic (exact) mass is 146 g/mol. The molecule has 0 saturated heterocycles. The van der Waals surface area contributed by atoms with Gasteiger partial charge in [0.1, 0.15) is 11.5 Å². The van der Waals surface area contributed by atoms with Gasteiger partial charge in [0.15, 0.2) is 0 Å². The Morgan fingerprint density at radius 1 is 1.50 bits per heavy atom. The smallest absolute Gasteiger partial charge is 0.134 e. The highest BCUT2D eigenvalue weighted by Gasteiger charge is 2.33. The van der Waals surface area contributed by atoms with Crippen LogP contribution in [0.1, 0.15) is 25.7 Å². The first kappa shape index (κ1) is 7.66. The van der Waals surface area contributed by atoms with Crippen LogP contribution in [-0.4, -0.2) is 23.2 Å². The standard InChI is InChI=1S/C7H11FO2/c8-7(5-9)3-1-6(10)2-4-7/h9H,1-5H2. The van der Waals surface area contributed by atoms with Crippen molar-refractivity contribution < 1.29 is 14.3 Å². The molecular weight excluding hydrogens is 135 g/mol. The summed E-state index contributed by atoms with van der Waals surface area (Å²) in [7, 11) is 0. The number of aliphatic hydroxyl groups is 1. The van der Waals surface area contributed by atoms with E-state index in [0.717, 1.165) is 0 Å². The highest BCUT2D eigenvalue weighted by Crippen LogP contribution is 2.29. The van der Waals surface area contributed by atoms with Crippen molar-refractivity contribution in [3.8, 4) is 0 Å². The lowest BCUT2D eigenvalue weighted by molar-refractivity contribution is -0.123. The van der Waals surface area contributed by atoms with Crippen molar-refractivity contribution in [2.24, 2.45) is 0 Å². The maximum atomic E-state index is 13.1. The summed E-state index contributed by atoms with van der Waals surface area (Å²) >= 11 is 0. The number of carbonyl (C=O) groups is 1. The summed E-state index contributed by atoms with van der Waals surface area (Å²) in [6.07, 6.45) is 0.971. The minimum absolute atomic E-state index is 0.113. The molecular formula is C7H11FO2. The number of rotatable bonds is 1. The number of ketones is 1. The third kappa shape index (κ3) is 1.53. The van der Waals surface area contributed by atoms with Gasteiger partial charge in [-0.3, -0.25) is 4.79 Å². The molecule has 0 aliphatic heterocycles. The van der Waals surface area contributed by atoms with Gasteiger partial charge in [-0.15, -0.1) is 0 Å². The first-order chi connectivity index (χ1) is 4.66. The summed E-state index contributed by atoms with van der Waals surface area (Å²) in [5.74, 6) is 0.113. The molecule has 0 atom stereocenters. The van der Waals surface area contributed by atoms with Gasteiger partial charge in [0.2, 0.25) is 0 Å². The predicted octanol–water partition coefficient (Wildman–Crippen LogP) is 0.830. The molecule has 0 heterocycles. The number of Topliss-reactive ketones (excluding diaryl/α,β-unsaturated/α-hetero) is 1. The summed E-state index contributed by atoms with van der Waals surface area (Å²) in [5, 5.41) is 8.55. The number of halogens is 1. The fourth-order valence-electron chi connectivity index (χ4n) is 1.13. The minimum atomic E-state index is -1.46. The molecule has 0 aromatic rings. The summed E-state index contributed by atoms with van der Waals surface area (Å²) in [6, 6.07) is 0. The van der Waals surface area contributed by atoms with E-state index in [1.807, 2.05) is 0 Å². The van der Waals surface area contributed by atoms with Crippen LogP contribution in [0.5, 0.6) is 0 Å². The second-order valence-corrected chi connectivity index (χ2v) is 2.85. The molecule has 1 aliphatic carbocycles. The topological polar surface area (TPSA) is 37.3 Å². The SMILES string of the molecule is O=C1CCC(F)(CO)CC1. The van der Waals surface area contributed by atoms with Crippen molar-refractivity contribution in [2.75, 3.05) is 6.61 Å². The molecule has 1 aliphatic rings. The molecule has 1 fully saturated rings. The predicted molar refractivity (Wildman–Crippen MR) is 34.4 cm³/mol. The van der Waals surface area contributed by atoms with Crippen molar-refractivity contribution in [3.63, 3.8) is 0 Å². The second-order valence-electron chi connectivity index (χ2n) is 2.85. The van der Waals surface area contributed by atoms with Crippen LogP contribution in [-0.2, 0) is 4.79 Å². The number of hydrogen-bond acceptors (Lipinski definition) is 2. The summed E-state index contributed by atoms with van der Waals surface area (Å²) in [5.41, 5.74) is -1.46. The Hall–Kier alpha value is -0.440. The average Bonchev–Trinajstić information content (AvgIpc) is 1.96. The molecule has 1 N–H and O–H groups in total. The fraction of sp³-hybridized carbons (Fsp3) is 0.857. The average molecular weight is 146 g/mol. The van der Waals surface area contributed by atoms with E-state index >= 15 is 0 Å². The molecule has 3 heteroatoms. The Morgan fingerprint density at radius 2 is 2.00 bits per heavy atom. The molecule has 10 heavy (non-hydrogen) atoms. The van der Waals surface area contributed by atoms with E-state index in [2.05, 4.69) is 0 Å². The van der Waals surface area contributed by atoms with E-state index in [4.69, 9.17) is 5.11 Å². The normalized spacial score (nSPS) is 24.8. The Labute approximate surface area is 59.0 Å². The lowest BCUT2D eigenvalue weighted by Crippen LogP contribution is -2.33. The molecule has 1 saturated carbocycles. The molecule has 0 radical (unpaired) electrons. The quantitative estimate of drug-likeness (QED) is 0.595. The minimum Gasteiger partial charge on any atom is -0.393 e. The molecule has 58 valence electrons. The third-order valence-corrected chi connectivity index (χ3v) is 1.99. The van der Waals surface area contributed by atoms with Crippen LogP contribution in [0.15, 0.2) is 0 Å². The van der Waals surface area contributed by atoms with Gasteiger partial charge in [-0.2, -0.15) is 0 Å². The Kier molecular flexibility index (Phi) is 2.04. The van der Waals surface area contributed by atoms with Crippen molar-refractivity contribution in [1.82, 2.24) is 0 Å². The van der Waals surface area contributed by atoms with Crippen LogP contribution >= 0.6 is 0 Å². The van der Waals surface area contributed by atoms with Gasteiger partial charge in [0.05, 0.1) is 6.61 Å². The lowest BCUT2D eigenvalue weighted by Gasteiger charge is -2.26. The van der Waals surface area contributed by atoms with E-state index < -0.39 is 12.3 Å². The van der Waals surface area contributed by atoms with Crippen LogP contribution < -0.4 is 0 Å². The molecule has 0 aromatic heterocycles. The van der Waals surface area contributed by atoms with Crippen LogP contribution in [0.2, 0.25) is 0 Å². The largest absolute Gasteiger partial charge is 0.393 e. The zero-order valence-electron chi connectivity index (χ0n) is 5.77. The van der Waals surface area contributed by atoms with Gasteiger partial charge >= 0.3 is 0 Å². The molecule has 0 amide bonds. The zero-order chi connectivity index (χ0) is 7.61. The zero-order valence-corrected chi connectivity index (χ0v) is 5.77. The number of aliphatic hydroxyl groups excluding tert-OH is 1. The van der Waals surface area contributed by atoms with Gasteiger partial charge < -0.3 is 5.11 Å². The van der Waals surface area contributed by atoms with Crippen LogP contribution in [0, 0.1) is 0 Å². The van der Waals surface area contributed by atoms with Crippen molar-refractivity contribution in [1.29, 1.82) is 0 Å². The van der Waals surface area contributed by atoms with Crippen LogP contribution in [0.3, 0.4) is 0 Å². The molecule has 0 unspecified atom stereocenters. The Morgan fingerprint density at radius 3 is 2.40 bits per heavy atom. The summed E-state index contributed by atoms with van der Waals surface area (Å²) in [4.78, 5) is 10.6. The van der Waals surface area contributed by atoms with E-state index in [1.165, 1.54) is 0 Å². The fourth-order valence-corrected chi connectivity index (χ4v) is 1.13. The Balaban J connectivity index is 2.46. The molecule has 0 bridgehead atoms. The van der Waals surface area contributed by atoms with Gasteiger partial charge in [0.25, 0.3) is 0 Å². The van der Waals surface area contributed by atoms with Crippen molar-refractivity contribution >= 4 is 5.78 Å². The maximum absolute atomic E-state index is 13.1. The van der Waals surface area contributed by atoms with E-state index in [-0.39, 0.29) is 31.5 Å².